The molecule has 8 nitrogen and oxygen atoms in total. The molecule has 1 amide bonds. The second-order valence-electron chi connectivity index (χ2n) is 7.10. The lowest BCUT2D eigenvalue weighted by Crippen LogP contribution is -2.43. The van der Waals surface area contributed by atoms with Crippen molar-refractivity contribution in [3.8, 4) is 17.0 Å². The van der Waals surface area contributed by atoms with Crippen LogP contribution >= 0.6 is 0 Å². The predicted octanol–water partition coefficient (Wildman–Crippen LogP) is 2.11. The molecule has 0 atom stereocenters. The number of nitrogens with zero attached hydrogens (tertiary/aromatic N) is 3. The zero-order chi connectivity index (χ0) is 21.5. The minimum absolute atomic E-state index is 0.0700. The van der Waals surface area contributed by atoms with Crippen molar-refractivity contribution in [3.05, 3.63) is 47.0 Å². The van der Waals surface area contributed by atoms with Crippen molar-refractivity contribution in [2.45, 2.75) is 33.2 Å². The molecule has 8 heteroatoms. The van der Waals surface area contributed by atoms with Gasteiger partial charge in [-0.3, -0.25) is 19.0 Å². The van der Waals surface area contributed by atoms with E-state index in [2.05, 4.69) is 4.98 Å². The lowest BCUT2D eigenvalue weighted by atomic mass is 9.97. The molecule has 0 spiro atoms. The van der Waals surface area contributed by atoms with E-state index in [1.165, 1.54) is 17.0 Å². The Balaban J connectivity index is 1.60. The van der Waals surface area contributed by atoms with Crippen LogP contribution in [0.5, 0.6) is 5.75 Å². The van der Waals surface area contributed by atoms with Crippen LogP contribution in [0.2, 0.25) is 0 Å². The predicted molar refractivity (Wildman–Crippen MR) is 111 cm³/mol. The molecule has 1 saturated heterocycles. The summed E-state index contributed by atoms with van der Waals surface area (Å²) in [5.74, 6) is 0.239. The maximum Gasteiger partial charge on any atom is 0.309 e. The second kappa shape index (κ2) is 10.0. The number of aromatic nitrogens is 2. The molecule has 30 heavy (non-hydrogen) atoms. The highest BCUT2D eigenvalue weighted by molar-refractivity contribution is 5.77. The summed E-state index contributed by atoms with van der Waals surface area (Å²) in [6.07, 6.45) is 2.56. The fourth-order valence-electron chi connectivity index (χ4n) is 3.46. The summed E-state index contributed by atoms with van der Waals surface area (Å²) in [5.41, 5.74) is 1.06. The molecule has 1 aromatic carbocycles. The van der Waals surface area contributed by atoms with E-state index in [0.29, 0.717) is 44.8 Å². The monoisotopic (exact) mass is 413 g/mol. The van der Waals surface area contributed by atoms with Crippen LogP contribution in [-0.2, 0) is 20.9 Å². The SMILES string of the molecule is CCOC(=O)C1CCN(C(=O)Cn2cnc(-c3ccc(OCC)cc3)cc2=O)CC1. The molecule has 0 radical (unpaired) electrons. The number of benzene rings is 1. The molecule has 0 aliphatic carbocycles. The third-order valence-electron chi connectivity index (χ3n) is 5.11. The highest BCUT2D eigenvalue weighted by atomic mass is 16.5. The Kier molecular flexibility index (Phi) is 7.21. The zero-order valence-electron chi connectivity index (χ0n) is 17.4. The third kappa shape index (κ3) is 5.25. The summed E-state index contributed by atoms with van der Waals surface area (Å²) in [6.45, 7) is 5.54. The Labute approximate surface area is 175 Å². The van der Waals surface area contributed by atoms with Gasteiger partial charge < -0.3 is 14.4 Å². The molecule has 0 saturated carbocycles. The van der Waals surface area contributed by atoms with E-state index in [9.17, 15) is 14.4 Å². The molecule has 2 heterocycles. The van der Waals surface area contributed by atoms with Crippen molar-refractivity contribution in [2.24, 2.45) is 5.92 Å². The van der Waals surface area contributed by atoms with Gasteiger partial charge in [0.05, 0.1) is 31.2 Å². The number of hydrogen-bond donors (Lipinski definition) is 0. The van der Waals surface area contributed by atoms with Crippen LogP contribution in [0, 0.1) is 5.92 Å². The smallest absolute Gasteiger partial charge is 0.309 e. The molecule has 1 aliphatic heterocycles. The van der Waals surface area contributed by atoms with E-state index in [1.54, 1.807) is 11.8 Å². The number of ether oxygens (including phenoxy) is 2. The van der Waals surface area contributed by atoms with E-state index >= 15 is 0 Å². The first kappa shape index (κ1) is 21.5. The summed E-state index contributed by atoms with van der Waals surface area (Å²) < 4.78 is 11.8. The molecular weight excluding hydrogens is 386 g/mol. The molecular formula is C22H27N3O5. The van der Waals surface area contributed by atoms with Crippen molar-refractivity contribution in [1.82, 2.24) is 14.5 Å². The number of hydrogen-bond acceptors (Lipinski definition) is 6. The van der Waals surface area contributed by atoms with Gasteiger partial charge in [-0.25, -0.2) is 4.98 Å². The fraction of sp³-hybridized carbons (Fsp3) is 0.455. The summed E-state index contributed by atoms with van der Waals surface area (Å²) in [5, 5.41) is 0. The molecule has 0 N–H and O–H groups in total. The van der Waals surface area contributed by atoms with Crippen LogP contribution in [0.1, 0.15) is 26.7 Å². The van der Waals surface area contributed by atoms with Crippen molar-refractivity contribution in [3.63, 3.8) is 0 Å². The topological polar surface area (TPSA) is 90.7 Å². The van der Waals surface area contributed by atoms with Gasteiger partial charge in [-0.05, 0) is 51.0 Å². The van der Waals surface area contributed by atoms with Crippen molar-refractivity contribution in [1.29, 1.82) is 0 Å². The number of likely N-dealkylation sites (tertiary alicyclic amines) is 1. The van der Waals surface area contributed by atoms with Gasteiger partial charge in [0.2, 0.25) is 5.91 Å². The Morgan fingerprint density at radius 1 is 1.10 bits per heavy atom. The van der Waals surface area contributed by atoms with Crippen LogP contribution in [0.3, 0.4) is 0 Å². The van der Waals surface area contributed by atoms with Crippen LogP contribution in [0.25, 0.3) is 11.3 Å². The van der Waals surface area contributed by atoms with E-state index in [1.807, 2.05) is 31.2 Å². The maximum atomic E-state index is 12.6. The summed E-state index contributed by atoms with van der Waals surface area (Å²) in [4.78, 5) is 42.9. The Morgan fingerprint density at radius 2 is 1.80 bits per heavy atom. The number of piperidine rings is 1. The molecule has 160 valence electrons. The number of amides is 1. The van der Waals surface area contributed by atoms with E-state index in [-0.39, 0.29) is 29.9 Å². The Bertz CT molecular complexity index is 931. The summed E-state index contributed by atoms with van der Waals surface area (Å²) in [7, 11) is 0. The Hall–Kier alpha value is -3.16. The molecule has 1 aromatic heterocycles. The molecule has 0 bridgehead atoms. The first-order valence-corrected chi connectivity index (χ1v) is 10.3. The van der Waals surface area contributed by atoms with E-state index in [0.717, 1.165) is 11.3 Å². The van der Waals surface area contributed by atoms with E-state index < -0.39 is 0 Å². The van der Waals surface area contributed by atoms with Gasteiger partial charge in [-0.15, -0.1) is 0 Å². The van der Waals surface area contributed by atoms with Crippen LogP contribution in [-0.4, -0.2) is 52.6 Å². The molecule has 1 aliphatic rings. The van der Waals surface area contributed by atoms with Crippen LogP contribution in [0.4, 0.5) is 0 Å². The molecule has 2 aromatic rings. The highest BCUT2D eigenvalue weighted by Gasteiger charge is 2.28. The van der Waals surface area contributed by atoms with Gasteiger partial charge in [0.15, 0.2) is 0 Å². The Morgan fingerprint density at radius 3 is 2.40 bits per heavy atom. The fourth-order valence-corrected chi connectivity index (χ4v) is 3.46. The van der Waals surface area contributed by atoms with Gasteiger partial charge in [0, 0.05) is 24.7 Å². The summed E-state index contributed by atoms with van der Waals surface area (Å²) >= 11 is 0. The number of esters is 1. The zero-order valence-corrected chi connectivity index (χ0v) is 17.4. The molecule has 1 fully saturated rings. The minimum Gasteiger partial charge on any atom is -0.494 e. The first-order valence-electron chi connectivity index (χ1n) is 10.3. The molecule has 3 rings (SSSR count). The minimum atomic E-state index is -0.288. The van der Waals surface area contributed by atoms with Gasteiger partial charge in [-0.1, -0.05) is 0 Å². The van der Waals surface area contributed by atoms with Gasteiger partial charge >= 0.3 is 5.97 Å². The van der Waals surface area contributed by atoms with Crippen molar-refractivity contribution < 1.29 is 19.1 Å². The standard InChI is InChI=1S/C22H27N3O5/c1-3-29-18-7-5-16(6-8-18)19-13-20(26)25(15-23-19)14-21(27)24-11-9-17(10-12-24)22(28)30-4-2/h5-8,13,15,17H,3-4,9-12,14H2,1-2H3. The van der Waals surface area contributed by atoms with Crippen molar-refractivity contribution >= 4 is 11.9 Å². The third-order valence-corrected chi connectivity index (χ3v) is 5.11. The average molecular weight is 413 g/mol. The van der Waals surface area contributed by atoms with Crippen LogP contribution < -0.4 is 10.3 Å². The van der Waals surface area contributed by atoms with Gasteiger partial charge in [0.1, 0.15) is 12.3 Å². The largest absolute Gasteiger partial charge is 0.494 e. The average Bonchev–Trinajstić information content (AvgIpc) is 2.76. The van der Waals surface area contributed by atoms with E-state index in [4.69, 9.17) is 9.47 Å². The van der Waals surface area contributed by atoms with Crippen LogP contribution in [0.15, 0.2) is 41.5 Å². The lowest BCUT2D eigenvalue weighted by Gasteiger charge is -2.31. The number of rotatable bonds is 7. The lowest BCUT2D eigenvalue weighted by molar-refractivity contribution is -0.151. The molecule has 0 unspecified atom stereocenters. The first-order chi connectivity index (χ1) is 14.5. The number of carbonyl (C=O) groups excluding carboxylic acids is 2. The quantitative estimate of drug-likeness (QED) is 0.646. The second-order valence-corrected chi connectivity index (χ2v) is 7.10. The highest BCUT2D eigenvalue weighted by Crippen LogP contribution is 2.20. The maximum absolute atomic E-state index is 12.6. The summed E-state index contributed by atoms with van der Waals surface area (Å²) in [6, 6.07) is 8.77. The van der Waals surface area contributed by atoms with Gasteiger partial charge in [-0.2, -0.15) is 0 Å². The van der Waals surface area contributed by atoms with Gasteiger partial charge in [0.25, 0.3) is 5.56 Å². The van der Waals surface area contributed by atoms with Crippen molar-refractivity contribution in [2.75, 3.05) is 26.3 Å². The normalized spacial score (nSPS) is 14.4. The number of carbonyl (C=O) groups is 2.